The van der Waals surface area contributed by atoms with Crippen molar-refractivity contribution in [2.24, 2.45) is 10.7 Å². The molecular weight excluding hydrogens is 212 g/mol. The van der Waals surface area contributed by atoms with Crippen molar-refractivity contribution in [1.82, 2.24) is 0 Å². The molecule has 1 heterocycles. The molecular formula is C10H10N2S2. The summed E-state index contributed by atoms with van der Waals surface area (Å²) in [6.45, 7) is 0.578. The minimum Gasteiger partial charge on any atom is -0.325 e. The lowest BCUT2D eigenvalue weighted by molar-refractivity contribution is 1.25. The first-order chi connectivity index (χ1) is 6.81. The van der Waals surface area contributed by atoms with Crippen molar-refractivity contribution in [3.63, 3.8) is 0 Å². The predicted octanol–water partition coefficient (Wildman–Crippen LogP) is 2.29. The van der Waals surface area contributed by atoms with Gasteiger partial charge >= 0.3 is 0 Å². The second kappa shape index (κ2) is 5.73. The second-order valence-corrected chi connectivity index (χ2v) is 3.44. The van der Waals surface area contributed by atoms with E-state index < -0.39 is 0 Å². The van der Waals surface area contributed by atoms with Crippen molar-refractivity contribution >= 4 is 40.1 Å². The Bertz CT molecular complexity index is 379. The number of fused-ring (bicyclic) bond motifs is 1. The van der Waals surface area contributed by atoms with Crippen molar-refractivity contribution in [3.05, 3.63) is 29.8 Å². The van der Waals surface area contributed by atoms with Crippen LogP contribution in [-0.4, -0.2) is 16.6 Å². The summed E-state index contributed by atoms with van der Waals surface area (Å²) in [5, 5.41) is 0. The Hall–Kier alpha value is -0.930. The predicted molar refractivity (Wildman–Crippen MR) is 66.5 cm³/mol. The second-order valence-electron chi connectivity index (χ2n) is 2.77. The fourth-order valence-corrected chi connectivity index (χ4v) is 1.32. The zero-order valence-electron chi connectivity index (χ0n) is 7.56. The van der Waals surface area contributed by atoms with Gasteiger partial charge < -0.3 is 5.73 Å². The van der Waals surface area contributed by atoms with Crippen LogP contribution in [0, 0.1) is 0 Å². The minimum absolute atomic E-state index is 0.578. The minimum atomic E-state index is 0.578. The molecule has 72 valence electrons. The first-order valence-corrected chi connectivity index (χ1v) is 4.97. The summed E-state index contributed by atoms with van der Waals surface area (Å²) in [7, 11) is 0. The van der Waals surface area contributed by atoms with Gasteiger partial charge in [0.2, 0.25) is 0 Å². The number of thiocarbonyl (C=S) groups is 2. The number of nitrogens with zero attached hydrogens (tertiary/aromatic N) is 1. The van der Waals surface area contributed by atoms with Crippen molar-refractivity contribution in [2.45, 2.75) is 6.42 Å². The van der Waals surface area contributed by atoms with Gasteiger partial charge in [-0.05, 0) is 36.1 Å². The molecule has 2 N–H and O–H groups in total. The third-order valence-corrected chi connectivity index (χ3v) is 1.90. The average molecular weight is 222 g/mol. The van der Waals surface area contributed by atoms with E-state index in [1.165, 1.54) is 5.56 Å². The zero-order valence-corrected chi connectivity index (χ0v) is 9.20. The third kappa shape index (κ3) is 2.79. The number of rotatable bonds is 1. The number of hydrogen-bond donors (Lipinski definition) is 1. The lowest BCUT2D eigenvalue weighted by Gasteiger charge is -1.92. The Morgan fingerprint density at radius 3 is 2.57 bits per heavy atom. The van der Waals surface area contributed by atoms with Crippen molar-refractivity contribution in [1.29, 1.82) is 0 Å². The molecule has 0 fully saturated rings. The van der Waals surface area contributed by atoms with E-state index in [1.54, 1.807) is 0 Å². The standard InChI is InChI=1S/C9H10N2.CS2/c10-6-8-5-7-3-1-2-4-9(7)11-8;2-1-3/h1-4H,5-6,10H2;. The fraction of sp³-hybridized carbons (Fsp3) is 0.200. The maximum absolute atomic E-state index is 5.48. The van der Waals surface area contributed by atoms with Crippen LogP contribution >= 0.6 is 24.4 Å². The van der Waals surface area contributed by atoms with Gasteiger partial charge in [-0.25, -0.2) is 0 Å². The normalized spacial score (nSPS) is 11.9. The third-order valence-electron chi connectivity index (χ3n) is 1.90. The molecule has 14 heavy (non-hydrogen) atoms. The van der Waals surface area contributed by atoms with Crippen molar-refractivity contribution in [3.8, 4) is 0 Å². The van der Waals surface area contributed by atoms with E-state index in [-0.39, 0.29) is 0 Å². The molecule has 0 aliphatic carbocycles. The highest BCUT2D eigenvalue weighted by atomic mass is 32.1. The van der Waals surface area contributed by atoms with Crippen LogP contribution in [-0.2, 0) is 6.42 Å². The lowest BCUT2D eigenvalue weighted by Crippen LogP contribution is -2.12. The molecule has 0 saturated carbocycles. The zero-order chi connectivity index (χ0) is 10.4. The summed E-state index contributed by atoms with van der Waals surface area (Å²) in [5.41, 5.74) is 8.96. The quantitative estimate of drug-likeness (QED) is 0.741. The van der Waals surface area contributed by atoms with Gasteiger partial charge in [-0.3, -0.25) is 4.99 Å². The average Bonchev–Trinajstić information content (AvgIpc) is 2.61. The molecule has 2 nitrogen and oxygen atoms in total. The Labute approximate surface area is 93.8 Å². The summed E-state index contributed by atoms with van der Waals surface area (Å²) in [6, 6.07) is 8.16. The number of aliphatic imine (C=N–C) groups is 1. The number of benzene rings is 1. The maximum Gasteiger partial charge on any atom is 0.0665 e. The molecule has 1 aliphatic heterocycles. The highest BCUT2D eigenvalue weighted by molar-refractivity contribution is 7.93. The largest absolute Gasteiger partial charge is 0.325 e. The molecule has 0 aromatic heterocycles. The molecule has 0 amide bonds. The summed E-state index contributed by atoms with van der Waals surface area (Å²) < 4.78 is 1.92. The molecule has 0 unspecified atom stereocenters. The molecule has 0 radical (unpaired) electrons. The van der Waals surface area contributed by atoms with Crippen molar-refractivity contribution in [2.75, 3.05) is 6.54 Å². The van der Waals surface area contributed by atoms with Crippen LogP contribution in [0.4, 0.5) is 5.69 Å². The summed E-state index contributed by atoms with van der Waals surface area (Å²) in [4.78, 5) is 4.36. The highest BCUT2D eigenvalue weighted by Crippen LogP contribution is 2.25. The van der Waals surface area contributed by atoms with E-state index in [0.29, 0.717) is 6.54 Å². The summed E-state index contributed by atoms with van der Waals surface area (Å²) in [6.07, 6.45) is 0.937. The molecule has 1 aromatic rings. The number of hydrogen-bond acceptors (Lipinski definition) is 4. The Morgan fingerprint density at radius 2 is 2.00 bits per heavy atom. The Kier molecular flexibility index (Phi) is 4.56. The van der Waals surface area contributed by atoms with Crippen LogP contribution in [0.2, 0.25) is 0 Å². The monoisotopic (exact) mass is 222 g/mol. The van der Waals surface area contributed by atoms with Gasteiger partial charge in [0.25, 0.3) is 0 Å². The molecule has 0 bridgehead atoms. The van der Waals surface area contributed by atoms with E-state index in [4.69, 9.17) is 5.73 Å². The summed E-state index contributed by atoms with van der Waals surface area (Å²) in [5.74, 6) is 0. The van der Waals surface area contributed by atoms with Gasteiger partial charge in [0.05, 0.1) is 5.69 Å². The Morgan fingerprint density at radius 1 is 1.36 bits per heavy atom. The first kappa shape index (κ1) is 11.1. The fourth-order valence-electron chi connectivity index (χ4n) is 1.32. The topological polar surface area (TPSA) is 38.4 Å². The van der Waals surface area contributed by atoms with Gasteiger partial charge in [-0.15, -0.1) is 0 Å². The van der Waals surface area contributed by atoms with E-state index in [1.807, 2.05) is 22.5 Å². The highest BCUT2D eigenvalue weighted by Gasteiger charge is 2.10. The van der Waals surface area contributed by atoms with E-state index in [0.717, 1.165) is 17.8 Å². The van der Waals surface area contributed by atoms with Gasteiger partial charge in [-0.1, -0.05) is 18.2 Å². The molecule has 2 rings (SSSR count). The van der Waals surface area contributed by atoms with Crippen LogP contribution < -0.4 is 5.73 Å². The molecule has 0 atom stereocenters. The molecule has 1 aliphatic rings. The van der Waals surface area contributed by atoms with Crippen LogP contribution in [0.3, 0.4) is 0 Å². The van der Waals surface area contributed by atoms with Gasteiger partial charge in [-0.2, -0.15) is 0 Å². The molecule has 0 spiro atoms. The first-order valence-electron chi connectivity index (χ1n) is 4.15. The van der Waals surface area contributed by atoms with Gasteiger partial charge in [0.15, 0.2) is 0 Å². The van der Waals surface area contributed by atoms with Crippen molar-refractivity contribution < 1.29 is 0 Å². The van der Waals surface area contributed by atoms with Crippen LogP contribution in [0.15, 0.2) is 29.3 Å². The van der Waals surface area contributed by atoms with Crippen LogP contribution in [0.25, 0.3) is 0 Å². The van der Waals surface area contributed by atoms with Crippen LogP contribution in [0.1, 0.15) is 5.56 Å². The lowest BCUT2D eigenvalue weighted by atomic mass is 10.1. The maximum atomic E-state index is 5.48. The molecule has 0 saturated heterocycles. The van der Waals surface area contributed by atoms with Crippen LogP contribution in [0.5, 0.6) is 0 Å². The number of nitrogens with two attached hydrogens (primary N) is 1. The van der Waals surface area contributed by atoms with E-state index in [2.05, 4.69) is 35.5 Å². The van der Waals surface area contributed by atoms with E-state index in [9.17, 15) is 0 Å². The smallest absolute Gasteiger partial charge is 0.0665 e. The SMILES string of the molecule is NCC1=Nc2ccccc2C1.S=C=S. The summed E-state index contributed by atoms with van der Waals surface area (Å²) >= 11 is 7.92. The van der Waals surface area contributed by atoms with Gasteiger partial charge in [0.1, 0.15) is 0 Å². The molecule has 4 heteroatoms. The van der Waals surface area contributed by atoms with E-state index >= 15 is 0 Å². The molecule has 1 aromatic carbocycles. The Balaban J connectivity index is 0.000000293. The number of para-hydroxylation sites is 1. The van der Waals surface area contributed by atoms with Gasteiger partial charge in [0, 0.05) is 23.0 Å².